The van der Waals surface area contributed by atoms with Crippen molar-refractivity contribution < 1.29 is 9.53 Å². The van der Waals surface area contributed by atoms with Crippen LogP contribution >= 0.6 is 23.2 Å². The standard InChI is InChI=1S/C18H22Cl2N4O4/c1-10(2)9-24-15(21)14(16(25)22-18(24)27)23(6-7-28-3)17(26)11-4-5-12(19)13(20)8-11/h4-5,8,10H,6-7,9,21H2,1-3H3,(H,22,25,27). The van der Waals surface area contributed by atoms with Crippen molar-refractivity contribution in [3.8, 4) is 0 Å². The summed E-state index contributed by atoms with van der Waals surface area (Å²) in [5, 5.41) is 0.496. The number of aromatic amines is 1. The SMILES string of the molecule is COCCN(C(=O)c1ccc(Cl)c(Cl)c1)c1c(N)n(CC(C)C)c(=O)[nH]c1=O. The molecule has 0 atom stereocenters. The number of halogens is 2. The van der Waals surface area contributed by atoms with Crippen LogP contribution in [-0.2, 0) is 11.3 Å². The molecule has 0 unspecified atom stereocenters. The Kier molecular flexibility index (Phi) is 7.29. The number of nitrogens with one attached hydrogen (secondary N) is 1. The molecular weight excluding hydrogens is 407 g/mol. The highest BCUT2D eigenvalue weighted by molar-refractivity contribution is 6.42. The number of rotatable bonds is 7. The lowest BCUT2D eigenvalue weighted by Crippen LogP contribution is -2.42. The summed E-state index contributed by atoms with van der Waals surface area (Å²) >= 11 is 11.9. The average molecular weight is 429 g/mol. The van der Waals surface area contributed by atoms with Gasteiger partial charge in [-0.1, -0.05) is 37.0 Å². The lowest BCUT2D eigenvalue weighted by Gasteiger charge is -2.25. The van der Waals surface area contributed by atoms with Crippen molar-refractivity contribution >= 4 is 40.6 Å². The third-order valence-electron chi connectivity index (χ3n) is 3.96. The first kappa shape index (κ1) is 22.0. The van der Waals surface area contributed by atoms with Gasteiger partial charge in [0.25, 0.3) is 11.5 Å². The lowest BCUT2D eigenvalue weighted by atomic mass is 10.2. The number of carbonyl (C=O) groups excluding carboxylic acids is 1. The molecule has 1 amide bonds. The smallest absolute Gasteiger partial charge is 0.330 e. The van der Waals surface area contributed by atoms with E-state index in [0.717, 1.165) is 0 Å². The van der Waals surface area contributed by atoms with Crippen molar-refractivity contribution in [3.05, 3.63) is 54.6 Å². The number of methoxy groups -OCH3 is 1. The maximum Gasteiger partial charge on any atom is 0.330 e. The third kappa shape index (κ3) is 4.76. The number of ether oxygens (including phenoxy) is 1. The van der Waals surface area contributed by atoms with Gasteiger partial charge < -0.3 is 10.5 Å². The van der Waals surface area contributed by atoms with Crippen LogP contribution in [0.3, 0.4) is 0 Å². The van der Waals surface area contributed by atoms with Crippen molar-refractivity contribution in [1.82, 2.24) is 9.55 Å². The van der Waals surface area contributed by atoms with Crippen molar-refractivity contribution in [3.63, 3.8) is 0 Å². The van der Waals surface area contributed by atoms with E-state index in [4.69, 9.17) is 33.7 Å². The Balaban J connectivity index is 2.62. The summed E-state index contributed by atoms with van der Waals surface area (Å²) in [5.74, 6) is -0.522. The molecule has 0 radical (unpaired) electrons. The molecule has 0 spiro atoms. The summed E-state index contributed by atoms with van der Waals surface area (Å²) in [4.78, 5) is 41.2. The van der Waals surface area contributed by atoms with Gasteiger partial charge in [-0.2, -0.15) is 0 Å². The Labute approximate surface area is 171 Å². The van der Waals surface area contributed by atoms with Crippen LogP contribution in [0.15, 0.2) is 27.8 Å². The van der Waals surface area contributed by atoms with Crippen LogP contribution in [-0.4, -0.2) is 35.7 Å². The van der Waals surface area contributed by atoms with E-state index in [9.17, 15) is 14.4 Å². The molecule has 0 aliphatic carbocycles. The predicted octanol–water partition coefficient (Wildman–Crippen LogP) is 2.37. The van der Waals surface area contributed by atoms with Crippen molar-refractivity contribution in [2.45, 2.75) is 20.4 Å². The summed E-state index contributed by atoms with van der Waals surface area (Å²) in [6, 6.07) is 4.38. The highest BCUT2D eigenvalue weighted by Gasteiger charge is 2.25. The fraction of sp³-hybridized carbons (Fsp3) is 0.389. The van der Waals surface area contributed by atoms with Gasteiger partial charge in [0.15, 0.2) is 5.69 Å². The minimum absolute atomic E-state index is 0.0444. The van der Waals surface area contributed by atoms with E-state index in [0.29, 0.717) is 5.02 Å². The van der Waals surface area contributed by atoms with Gasteiger partial charge in [-0.3, -0.25) is 24.0 Å². The first-order valence-electron chi connectivity index (χ1n) is 8.55. The van der Waals surface area contributed by atoms with E-state index >= 15 is 0 Å². The second kappa shape index (κ2) is 9.27. The first-order valence-corrected chi connectivity index (χ1v) is 9.31. The molecule has 0 bridgehead atoms. The number of nitrogen functional groups attached to an aromatic ring is 1. The third-order valence-corrected chi connectivity index (χ3v) is 4.70. The van der Waals surface area contributed by atoms with Gasteiger partial charge in [0.05, 0.1) is 16.7 Å². The zero-order chi connectivity index (χ0) is 21.0. The highest BCUT2D eigenvalue weighted by Crippen LogP contribution is 2.25. The maximum absolute atomic E-state index is 13.1. The minimum atomic E-state index is -0.757. The number of anilines is 2. The Hall–Kier alpha value is -2.29. The van der Waals surface area contributed by atoms with Crippen LogP contribution in [0.5, 0.6) is 0 Å². The minimum Gasteiger partial charge on any atom is -0.383 e. The fourth-order valence-electron chi connectivity index (χ4n) is 2.67. The summed E-state index contributed by atoms with van der Waals surface area (Å²) in [6.45, 7) is 4.28. The Morgan fingerprint density at radius 1 is 1.29 bits per heavy atom. The lowest BCUT2D eigenvalue weighted by molar-refractivity contribution is 0.0975. The highest BCUT2D eigenvalue weighted by atomic mass is 35.5. The van der Waals surface area contributed by atoms with Crippen LogP contribution in [0.1, 0.15) is 24.2 Å². The second-order valence-corrected chi connectivity index (χ2v) is 7.39. The Bertz CT molecular complexity index is 985. The van der Waals surface area contributed by atoms with Crippen molar-refractivity contribution in [1.29, 1.82) is 0 Å². The normalized spacial score (nSPS) is 11.1. The summed E-state index contributed by atoms with van der Waals surface area (Å²) in [7, 11) is 1.47. The number of nitrogens with zero attached hydrogens (tertiary/aromatic N) is 2. The van der Waals surface area contributed by atoms with Crippen LogP contribution in [0.4, 0.5) is 11.5 Å². The molecule has 2 rings (SSSR count). The monoisotopic (exact) mass is 428 g/mol. The van der Waals surface area contributed by atoms with Crippen LogP contribution < -0.4 is 21.9 Å². The van der Waals surface area contributed by atoms with Gasteiger partial charge in [0.2, 0.25) is 0 Å². The van der Waals surface area contributed by atoms with Crippen molar-refractivity contribution in [2.24, 2.45) is 5.92 Å². The van der Waals surface area contributed by atoms with Gasteiger partial charge in [0.1, 0.15) is 5.82 Å². The van der Waals surface area contributed by atoms with Crippen LogP contribution in [0.25, 0.3) is 0 Å². The molecule has 10 heteroatoms. The van der Waals surface area contributed by atoms with E-state index < -0.39 is 17.2 Å². The molecule has 152 valence electrons. The van der Waals surface area contributed by atoms with Gasteiger partial charge in [0, 0.05) is 25.8 Å². The van der Waals surface area contributed by atoms with E-state index in [1.54, 1.807) is 0 Å². The van der Waals surface area contributed by atoms with Gasteiger partial charge in [-0.05, 0) is 24.1 Å². The van der Waals surface area contributed by atoms with E-state index in [1.165, 1.54) is 34.8 Å². The molecule has 2 aromatic rings. The second-order valence-electron chi connectivity index (χ2n) is 6.58. The molecule has 0 aliphatic heterocycles. The number of amides is 1. The van der Waals surface area contributed by atoms with Crippen LogP contribution in [0, 0.1) is 5.92 Å². The topological polar surface area (TPSA) is 110 Å². The molecule has 3 N–H and O–H groups in total. The number of H-pyrrole nitrogens is 1. The number of benzene rings is 1. The zero-order valence-electron chi connectivity index (χ0n) is 15.8. The summed E-state index contributed by atoms with van der Waals surface area (Å²) < 4.78 is 6.30. The summed E-state index contributed by atoms with van der Waals surface area (Å²) in [6.07, 6.45) is 0. The zero-order valence-corrected chi connectivity index (χ0v) is 17.3. The maximum atomic E-state index is 13.1. The molecule has 0 saturated carbocycles. The predicted molar refractivity (Wildman–Crippen MR) is 111 cm³/mol. The van der Waals surface area contributed by atoms with E-state index in [-0.39, 0.29) is 47.7 Å². The Morgan fingerprint density at radius 2 is 1.96 bits per heavy atom. The number of carbonyl (C=O) groups is 1. The number of nitrogens with two attached hydrogens (primary N) is 1. The molecule has 1 aromatic carbocycles. The fourth-order valence-corrected chi connectivity index (χ4v) is 2.97. The number of aromatic nitrogens is 2. The Morgan fingerprint density at radius 3 is 2.54 bits per heavy atom. The molecule has 1 heterocycles. The van der Waals surface area contributed by atoms with E-state index in [1.807, 2.05) is 13.8 Å². The number of hydrogen-bond acceptors (Lipinski definition) is 5. The van der Waals surface area contributed by atoms with Crippen LogP contribution in [0.2, 0.25) is 10.0 Å². The average Bonchev–Trinajstić information content (AvgIpc) is 2.62. The molecule has 0 fully saturated rings. The molecule has 0 aliphatic rings. The largest absolute Gasteiger partial charge is 0.383 e. The quantitative estimate of drug-likeness (QED) is 0.702. The number of hydrogen-bond donors (Lipinski definition) is 2. The summed E-state index contributed by atoms with van der Waals surface area (Å²) in [5.41, 5.74) is 4.85. The molecule has 28 heavy (non-hydrogen) atoms. The van der Waals surface area contributed by atoms with Gasteiger partial charge >= 0.3 is 5.69 Å². The molecule has 0 saturated heterocycles. The molecule has 8 nitrogen and oxygen atoms in total. The molecule has 1 aromatic heterocycles. The van der Waals surface area contributed by atoms with E-state index in [2.05, 4.69) is 4.98 Å². The first-order chi connectivity index (χ1) is 13.2. The molecular formula is C18H22Cl2N4O4. The van der Waals surface area contributed by atoms with Gasteiger partial charge in [-0.15, -0.1) is 0 Å². The van der Waals surface area contributed by atoms with Gasteiger partial charge in [-0.25, -0.2) is 4.79 Å². The van der Waals surface area contributed by atoms with Crippen molar-refractivity contribution in [2.75, 3.05) is 30.9 Å².